The Bertz CT molecular complexity index is 994. The van der Waals surface area contributed by atoms with Crippen LogP contribution in [0.3, 0.4) is 0 Å². The summed E-state index contributed by atoms with van der Waals surface area (Å²) in [5.74, 6) is -1.18. The molecule has 5 nitrogen and oxygen atoms in total. The first-order valence-corrected chi connectivity index (χ1v) is 10.0. The molecule has 1 atom stereocenters. The van der Waals surface area contributed by atoms with Crippen molar-refractivity contribution < 1.29 is 19.1 Å². The van der Waals surface area contributed by atoms with Crippen LogP contribution < -0.4 is 10.6 Å². The Balaban J connectivity index is 1.60. The second kappa shape index (κ2) is 9.65. The summed E-state index contributed by atoms with van der Waals surface area (Å²) >= 11 is 7.03. The lowest BCUT2D eigenvalue weighted by Crippen LogP contribution is -2.30. The SMILES string of the molecule is O=C(N[C@@H](CO)c1ccc(Cl)c(F)c1)c1ccc(CNC(=O)c2cccs2)cc1. The molecule has 0 radical (unpaired) electrons. The highest BCUT2D eigenvalue weighted by Crippen LogP contribution is 2.20. The van der Waals surface area contributed by atoms with Gasteiger partial charge in [-0.25, -0.2) is 4.39 Å². The molecule has 0 fully saturated rings. The number of nitrogens with one attached hydrogen (secondary N) is 2. The maximum atomic E-state index is 13.6. The molecule has 3 N–H and O–H groups in total. The first kappa shape index (κ1) is 21.0. The fourth-order valence-corrected chi connectivity index (χ4v) is 3.41. The number of halogens is 2. The van der Waals surface area contributed by atoms with Gasteiger partial charge in [-0.1, -0.05) is 35.9 Å². The van der Waals surface area contributed by atoms with Crippen LogP contribution in [0.25, 0.3) is 0 Å². The molecule has 0 spiro atoms. The second-order valence-electron chi connectivity index (χ2n) is 6.24. The van der Waals surface area contributed by atoms with E-state index in [0.717, 1.165) is 5.56 Å². The number of carbonyl (C=O) groups is 2. The molecule has 2 aromatic carbocycles. The van der Waals surface area contributed by atoms with Gasteiger partial charge in [-0.05, 0) is 46.8 Å². The quantitative estimate of drug-likeness (QED) is 0.529. The van der Waals surface area contributed by atoms with Gasteiger partial charge in [0.1, 0.15) is 5.82 Å². The summed E-state index contributed by atoms with van der Waals surface area (Å²) in [6.45, 7) is -0.0540. The zero-order chi connectivity index (χ0) is 20.8. The third-order valence-electron chi connectivity index (χ3n) is 4.25. The summed E-state index contributed by atoms with van der Waals surface area (Å²) in [5, 5.41) is 16.9. The largest absolute Gasteiger partial charge is 0.394 e. The van der Waals surface area contributed by atoms with Crippen molar-refractivity contribution in [3.8, 4) is 0 Å². The first-order chi connectivity index (χ1) is 14.0. The molecule has 0 saturated heterocycles. The van der Waals surface area contributed by atoms with Crippen molar-refractivity contribution in [3.63, 3.8) is 0 Å². The number of aliphatic hydroxyl groups excluding tert-OH is 1. The van der Waals surface area contributed by atoms with E-state index in [0.29, 0.717) is 22.5 Å². The van der Waals surface area contributed by atoms with Gasteiger partial charge in [-0.3, -0.25) is 9.59 Å². The molecule has 2 amide bonds. The number of hydrogen-bond donors (Lipinski definition) is 3. The van der Waals surface area contributed by atoms with Gasteiger partial charge in [0.2, 0.25) is 0 Å². The van der Waals surface area contributed by atoms with E-state index < -0.39 is 17.8 Å². The molecule has 3 rings (SSSR count). The van der Waals surface area contributed by atoms with Gasteiger partial charge in [0.25, 0.3) is 11.8 Å². The molecule has 0 aliphatic heterocycles. The van der Waals surface area contributed by atoms with Crippen molar-refractivity contribution in [1.82, 2.24) is 10.6 Å². The van der Waals surface area contributed by atoms with Gasteiger partial charge in [-0.2, -0.15) is 0 Å². The maximum absolute atomic E-state index is 13.6. The number of thiophene rings is 1. The van der Waals surface area contributed by atoms with Gasteiger partial charge >= 0.3 is 0 Å². The van der Waals surface area contributed by atoms with Crippen molar-refractivity contribution >= 4 is 34.8 Å². The highest BCUT2D eigenvalue weighted by atomic mass is 35.5. The molecule has 3 aromatic rings. The Hall–Kier alpha value is -2.74. The number of amides is 2. The van der Waals surface area contributed by atoms with Crippen molar-refractivity contribution in [1.29, 1.82) is 0 Å². The van der Waals surface area contributed by atoms with Crippen LogP contribution in [-0.4, -0.2) is 23.5 Å². The molecule has 8 heteroatoms. The van der Waals surface area contributed by atoms with Crippen LogP contribution in [0.1, 0.15) is 37.2 Å². The molecule has 0 aliphatic rings. The van der Waals surface area contributed by atoms with E-state index in [1.165, 1.54) is 23.5 Å². The van der Waals surface area contributed by atoms with Crippen LogP contribution in [0, 0.1) is 5.82 Å². The average Bonchev–Trinajstić information content (AvgIpc) is 3.27. The molecule has 29 heavy (non-hydrogen) atoms. The van der Waals surface area contributed by atoms with Crippen LogP contribution in [0.15, 0.2) is 60.0 Å². The van der Waals surface area contributed by atoms with Crippen molar-refractivity contribution in [2.45, 2.75) is 12.6 Å². The molecule has 0 bridgehead atoms. The fourth-order valence-electron chi connectivity index (χ4n) is 2.66. The van der Waals surface area contributed by atoms with E-state index in [4.69, 9.17) is 11.6 Å². The molecule has 0 saturated carbocycles. The van der Waals surface area contributed by atoms with E-state index in [1.807, 2.05) is 11.4 Å². The lowest BCUT2D eigenvalue weighted by molar-refractivity contribution is 0.0914. The Morgan fingerprint density at radius 3 is 2.48 bits per heavy atom. The lowest BCUT2D eigenvalue weighted by atomic mass is 10.1. The molecular weight excluding hydrogens is 415 g/mol. The van der Waals surface area contributed by atoms with E-state index >= 15 is 0 Å². The summed E-state index contributed by atoms with van der Waals surface area (Å²) in [6, 6.07) is 13.6. The van der Waals surface area contributed by atoms with Gasteiger partial charge in [0.05, 0.1) is 22.5 Å². The lowest BCUT2D eigenvalue weighted by Gasteiger charge is -2.17. The molecule has 150 valence electrons. The highest BCUT2D eigenvalue weighted by molar-refractivity contribution is 7.12. The van der Waals surface area contributed by atoms with Crippen molar-refractivity contribution in [2.24, 2.45) is 0 Å². The standard InChI is InChI=1S/C21H18ClFN2O3S/c22-16-8-7-15(10-17(16)23)18(12-26)25-20(27)14-5-3-13(4-6-14)11-24-21(28)19-2-1-9-29-19/h1-10,18,26H,11-12H2,(H,24,28)(H,25,27)/t18-/m0/s1. The molecule has 1 aromatic heterocycles. The summed E-state index contributed by atoms with van der Waals surface area (Å²) in [5.41, 5.74) is 1.63. The summed E-state index contributed by atoms with van der Waals surface area (Å²) in [7, 11) is 0. The van der Waals surface area contributed by atoms with E-state index in [2.05, 4.69) is 10.6 Å². The average molecular weight is 433 g/mol. The van der Waals surface area contributed by atoms with Gasteiger partial charge in [-0.15, -0.1) is 11.3 Å². The Labute approximate surface area is 176 Å². The first-order valence-electron chi connectivity index (χ1n) is 8.75. The normalized spacial score (nSPS) is 11.7. The van der Waals surface area contributed by atoms with E-state index in [9.17, 15) is 19.1 Å². The molecule has 0 aliphatic carbocycles. The number of rotatable bonds is 7. The zero-order valence-electron chi connectivity index (χ0n) is 15.2. The van der Waals surface area contributed by atoms with Gasteiger partial charge < -0.3 is 15.7 Å². The minimum atomic E-state index is -0.765. The summed E-state index contributed by atoms with van der Waals surface area (Å²) in [6.07, 6.45) is 0. The van der Waals surface area contributed by atoms with Gasteiger partial charge in [0, 0.05) is 12.1 Å². The number of hydrogen-bond acceptors (Lipinski definition) is 4. The predicted octanol–water partition coefficient (Wildman–Crippen LogP) is 3.93. The zero-order valence-corrected chi connectivity index (χ0v) is 16.8. The summed E-state index contributed by atoms with van der Waals surface area (Å²) in [4.78, 5) is 25.1. The Morgan fingerprint density at radius 1 is 1.10 bits per heavy atom. The monoisotopic (exact) mass is 432 g/mol. The van der Waals surface area contributed by atoms with Crippen molar-refractivity contribution in [3.05, 3.63) is 92.4 Å². The number of benzene rings is 2. The highest BCUT2D eigenvalue weighted by Gasteiger charge is 2.16. The molecule has 1 heterocycles. The van der Waals surface area contributed by atoms with Crippen molar-refractivity contribution in [2.75, 3.05) is 6.61 Å². The second-order valence-corrected chi connectivity index (χ2v) is 7.59. The maximum Gasteiger partial charge on any atom is 0.261 e. The molecule has 0 unspecified atom stereocenters. The third kappa shape index (κ3) is 5.41. The smallest absolute Gasteiger partial charge is 0.261 e. The number of carbonyl (C=O) groups excluding carboxylic acids is 2. The minimum absolute atomic E-state index is 0.0291. The predicted molar refractivity (Wildman–Crippen MR) is 111 cm³/mol. The fraction of sp³-hybridized carbons (Fsp3) is 0.143. The van der Waals surface area contributed by atoms with Crippen LogP contribution in [0.5, 0.6) is 0 Å². The van der Waals surface area contributed by atoms with E-state index in [-0.39, 0.29) is 17.5 Å². The van der Waals surface area contributed by atoms with Crippen LogP contribution in [0.2, 0.25) is 5.02 Å². The third-order valence-corrected chi connectivity index (χ3v) is 5.42. The topological polar surface area (TPSA) is 78.4 Å². The van der Waals surface area contributed by atoms with Gasteiger partial charge in [0.15, 0.2) is 0 Å². The van der Waals surface area contributed by atoms with Crippen LogP contribution >= 0.6 is 22.9 Å². The minimum Gasteiger partial charge on any atom is -0.394 e. The van der Waals surface area contributed by atoms with E-state index in [1.54, 1.807) is 36.4 Å². The van der Waals surface area contributed by atoms with Crippen LogP contribution in [0.4, 0.5) is 4.39 Å². The Kier molecular flexibility index (Phi) is 6.98. The molecular formula is C21H18ClFN2O3S. The Morgan fingerprint density at radius 2 is 1.86 bits per heavy atom. The van der Waals surface area contributed by atoms with Crippen LogP contribution in [-0.2, 0) is 6.54 Å². The summed E-state index contributed by atoms with van der Waals surface area (Å²) < 4.78 is 13.6. The number of aliphatic hydroxyl groups is 1.